The van der Waals surface area contributed by atoms with E-state index in [0.717, 1.165) is 42.5 Å². The third kappa shape index (κ3) is 11.5. The van der Waals surface area contributed by atoms with E-state index >= 15 is 0 Å². The largest absolute Gasteiger partial charge is 0.356 e. The molecule has 0 unspecified atom stereocenters. The van der Waals surface area contributed by atoms with Crippen molar-refractivity contribution in [3.8, 4) is 0 Å². The maximum atomic E-state index is 12.0. The Labute approximate surface area is 205 Å². The first-order valence-corrected chi connectivity index (χ1v) is 12.7. The molecule has 1 aliphatic rings. The number of sulfonamides is 1. The summed E-state index contributed by atoms with van der Waals surface area (Å²) in [6.45, 7) is 11.1. The molecule has 0 spiro atoms. The van der Waals surface area contributed by atoms with Gasteiger partial charge in [0.1, 0.15) is 0 Å². The molecule has 3 N–H and O–H groups in total. The molecule has 1 heterocycles. The molecular formula is C22H40IN5O2S. The van der Waals surface area contributed by atoms with Gasteiger partial charge in [0.25, 0.3) is 0 Å². The first-order valence-electron chi connectivity index (χ1n) is 11.0. The average molecular weight is 566 g/mol. The summed E-state index contributed by atoms with van der Waals surface area (Å²) in [6.07, 6.45) is 3.73. The predicted octanol–water partition coefficient (Wildman–Crippen LogP) is 2.92. The summed E-state index contributed by atoms with van der Waals surface area (Å²) in [4.78, 5) is 6.84. The topological polar surface area (TPSA) is 85.8 Å². The number of aliphatic imine (C=N–C) groups is 1. The van der Waals surface area contributed by atoms with Gasteiger partial charge in [0.2, 0.25) is 10.0 Å². The van der Waals surface area contributed by atoms with E-state index in [1.807, 2.05) is 38.1 Å². The van der Waals surface area contributed by atoms with Gasteiger partial charge in [-0.2, -0.15) is 0 Å². The van der Waals surface area contributed by atoms with Gasteiger partial charge in [0.15, 0.2) is 5.96 Å². The molecule has 1 aromatic rings. The molecule has 178 valence electrons. The van der Waals surface area contributed by atoms with Crippen LogP contribution in [-0.4, -0.2) is 58.5 Å². The normalized spacial score (nSPS) is 16.2. The van der Waals surface area contributed by atoms with Crippen LogP contribution in [0.1, 0.15) is 51.2 Å². The number of piperidine rings is 1. The highest BCUT2D eigenvalue weighted by molar-refractivity contribution is 14.0. The van der Waals surface area contributed by atoms with Gasteiger partial charge in [-0.1, -0.05) is 31.2 Å². The number of hydrogen-bond acceptors (Lipinski definition) is 4. The van der Waals surface area contributed by atoms with E-state index in [1.165, 1.54) is 25.9 Å². The molecular weight excluding hydrogens is 525 g/mol. The van der Waals surface area contributed by atoms with Crippen LogP contribution in [0.5, 0.6) is 0 Å². The van der Waals surface area contributed by atoms with Gasteiger partial charge >= 0.3 is 0 Å². The molecule has 0 radical (unpaired) electrons. The Morgan fingerprint density at radius 3 is 2.32 bits per heavy atom. The second-order valence-corrected chi connectivity index (χ2v) is 10.3. The highest BCUT2D eigenvalue weighted by atomic mass is 127. The molecule has 0 aliphatic carbocycles. The number of nitrogens with zero attached hydrogens (tertiary/aromatic N) is 2. The lowest BCUT2D eigenvalue weighted by molar-refractivity contribution is 0.191. The second kappa shape index (κ2) is 14.3. The van der Waals surface area contributed by atoms with Gasteiger partial charge in [-0.25, -0.2) is 13.1 Å². The minimum absolute atomic E-state index is 0. The first kappa shape index (κ1) is 28.1. The van der Waals surface area contributed by atoms with Crippen LogP contribution in [0.4, 0.5) is 0 Å². The quantitative estimate of drug-likeness (QED) is 0.176. The lowest BCUT2D eigenvalue weighted by Gasteiger charge is -2.30. The van der Waals surface area contributed by atoms with Gasteiger partial charge in [-0.05, 0) is 69.8 Å². The highest BCUT2D eigenvalue weighted by Gasteiger charge is 2.15. The minimum Gasteiger partial charge on any atom is -0.356 e. The smallest absolute Gasteiger partial charge is 0.216 e. The van der Waals surface area contributed by atoms with Crippen molar-refractivity contribution < 1.29 is 8.42 Å². The van der Waals surface area contributed by atoms with Crippen LogP contribution in [-0.2, 0) is 22.3 Å². The zero-order chi connectivity index (χ0) is 22.0. The van der Waals surface area contributed by atoms with Crippen LogP contribution in [0.25, 0.3) is 0 Å². The lowest BCUT2D eigenvalue weighted by Crippen LogP contribution is -2.39. The van der Waals surface area contributed by atoms with Crippen LogP contribution in [0.2, 0.25) is 0 Å². The van der Waals surface area contributed by atoms with Crippen molar-refractivity contribution in [2.24, 2.45) is 10.9 Å². The van der Waals surface area contributed by atoms with Gasteiger partial charge in [0.05, 0.1) is 5.75 Å². The Bertz CT molecular complexity index is 761. The Morgan fingerprint density at radius 2 is 1.74 bits per heavy atom. The van der Waals surface area contributed by atoms with E-state index in [2.05, 4.69) is 32.2 Å². The molecule has 0 atom stereocenters. The summed E-state index contributed by atoms with van der Waals surface area (Å²) in [7, 11) is -1.52. The monoisotopic (exact) mass is 565 g/mol. The highest BCUT2D eigenvalue weighted by Crippen LogP contribution is 2.15. The van der Waals surface area contributed by atoms with Crippen LogP contribution >= 0.6 is 24.0 Å². The van der Waals surface area contributed by atoms with E-state index in [4.69, 9.17) is 0 Å². The fourth-order valence-corrected chi connectivity index (χ4v) is 5.01. The predicted molar refractivity (Wildman–Crippen MR) is 140 cm³/mol. The number of rotatable bonds is 10. The fraction of sp³-hybridized carbons (Fsp3) is 0.682. The van der Waals surface area contributed by atoms with E-state index in [0.29, 0.717) is 6.54 Å². The SMILES string of the molecule is CN=C(NCCCN1CCC(C)CC1)NCc1ccc(CS(=O)(=O)NC(C)C)cc1.I. The summed E-state index contributed by atoms with van der Waals surface area (Å²) in [5.74, 6) is 1.66. The molecule has 0 aromatic heterocycles. The average Bonchev–Trinajstić information content (AvgIpc) is 2.68. The maximum Gasteiger partial charge on any atom is 0.216 e. The number of guanidine groups is 1. The molecule has 31 heavy (non-hydrogen) atoms. The second-order valence-electron chi connectivity index (χ2n) is 8.58. The third-order valence-corrected chi connectivity index (χ3v) is 6.84. The van der Waals surface area contributed by atoms with E-state index in [9.17, 15) is 8.42 Å². The number of likely N-dealkylation sites (tertiary alicyclic amines) is 1. The lowest BCUT2D eigenvalue weighted by atomic mass is 9.99. The van der Waals surface area contributed by atoms with Crippen molar-refractivity contribution in [2.75, 3.05) is 33.2 Å². The zero-order valence-corrected chi connectivity index (χ0v) is 22.5. The Balaban J connectivity index is 0.00000480. The Hall–Kier alpha value is -0.910. The zero-order valence-electron chi connectivity index (χ0n) is 19.4. The summed E-state index contributed by atoms with van der Waals surface area (Å²) >= 11 is 0. The number of nitrogens with one attached hydrogen (secondary N) is 3. The number of hydrogen-bond donors (Lipinski definition) is 3. The van der Waals surface area contributed by atoms with Crippen molar-refractivity contribution in [1.29, 1.82) is 0 Å². The number of halogens is 1. The van der Waals surface area contributed by atoms with Crippen LogP contribution < -0.4 is 15.4 Å². The van der Waals surface area contributed by atoms with Crippen LogP contribution in [0, 0.1) is 5.92 Å². The molecule has 1 fully saturated rings. The van der Waals surface area contributed by atoms with Gasteiger partial charge in [-0.3, -0.25) is 4.99 Å². The molecule has 1 aromatic carbocycles. The van der Waals surface area contributed by atoms with E-state index < -0.39 is 10.0 Å². The molecule has 9 heteroatoms. The van der Waals surface area contributed by atoms with Gasteiger partial charge in [-0.15, -0.1) is 24.0 Å². The first-order chi connectivity index (χ1) is 14.3. The molecule has 1 saturated heterocycles. The Kier molecular flexibility index (Phi) is 13.0. The van der Waals surface area contributed by atoms with E-state index in [1.54, 1.807) is 7.05 Å². The van der Waals surface area contributed by atoms with Crippen molar-refractivity contribution in [2.45, 2.75) is 58.4 Å². The summed E-state index contributed by atoms with van der Waals surface area (Å²) in [6, 6.07) is 7.55. The van der Waals surface area contributed by atoms with E-state index in [-0.39, 0.29) is 35.8 Å². The van der Waals surface area contributed by atoms with Crippen molar-refractivity contribution in [3.63, 3.8) is 0 Å². The van der Waals surface area contributed by atoms with Gasteiger partial charge in [0, 0.05) is 26.2 Å². The molecule has 0 bridgehead atoms. The molecule has 0 saturated carbocycles. The molecule has 0 amide bonds. The minimum atomic E-state index is -3.30. The standard InChI is InChI=1S/C22H39N5O2S.HI/c1-18(2)26-30(28,29)17-21-8-6-20(7-9-21)16-25-22(23-4)24-12-5-13-27-14-10-19(3)11-15-27;/h6-9,18-19,26H,5,10-17H2,1-4H3,(H2,23,24,25);1H. The number of benzene rings is 1. The van der Waals surface area contributed by atoms with Gasteiger partial charge < -0.3 is 15.5 Å². The summed E-state index contributed by atoms with van der Waals surface area (Å²) < 4.78 is 26.7. The molecule has 2 rings (SSSR count). The van der Waals surface area contributed by atoms with Crippen LogP contribution in [0.3, 0.4) is 0 Å². The fourth-order valence-electron chi connectivity index (χ4n) is 3.58. The molecule has 1 aliphatic heterocycles. The summed E-state index contributed by atoms with van der Waals surface area (Å²) in [5, 5.41) is 6.69. The summed E-state index contributed by atoms with van der Waals surface area (Å²) in [5.41, 5.74) is 1.86. The van der Waals surface area contributed by atoms with Crippen molar-refractivity contribution in [1.82, 2.24) is 20.3 Å². The van der Waals surface area contributed by atoms with Crippen molar-refractivity contribution >= 4 is 40.0 Å². The third-order valence-electron chi connectivity index (χ3n) is 5.30. The Morgan fingerprint density at radius 1 is 1.13 bits per heavy atom. The van der Waals surface area contributed by atoms with Crippen LogP contribution in [0.15, 0.2) is 29.3 Å². The maximum absolute atomic E-state index is 12.0. The van der Waals surface area contributed by atoms with Crippen molar-refractivity contribution in [3.05, 3.63) is 35.4 Å². The molecule has 7 nitrogen and oxygen atoms in total.